The normalized spacial score (nSPS) is 10.3. The molecule has 220 valence electrons. The van der Waals surface area contributed by atoms with Crippen molar-refractivity contribution in [3.05, 3.63) is 85.9 Å². The largest absolute Gasteiger partial charge is 0.495 e. The third-order valence-corrected chi connectivity index (χ3v) is 6.40. The number of methoxy groups -OCH3 is 2. The van der Waals surface area contributed by atoms with Crippen LogP contribution in [0.5, 0.6) is 11.5 Å². The highest BCUT2D eigenvalue weighted by molar-refractivity contribution is 6.18. The Balaban J connectivity index is 0.000000258. The van der Waals surface area contributed by atoms with Gasteiger partial charge in [0.1, 0.15) is 17.1 Å². The number of ether oxygens (including phenoxy) is 4. The molecule has 42 heavy (non-hydrogen) atoms. The Morgan fingerprint density at radius 2 is 1.12 bits per heavy atom. The summed E-state index contributed by atoms with van der Waals surface area (Å²) < 4.78 is 23.3. The highest BCUT2D eigenvalue weighted by Gasteiger charge is 2.22. The Morgan fingerprint density at radius 3 is 1.52 bits per heavy atom. The summed E-state index contributed by atoms with van der Waals surface area (Å²) in [7, 11) is 6.32. The standard InChI is InChI=1S/C19H21NO6.C12H11NO3/c1-5-25-18(22)14(19(23)26-6-2)11-12-7-9-15(24-4)17-13(12)8-10-16(21)20(17)3;1-13-11(15)6-4-9-8(7-14)3-5-10(16-2)12(9)13/h7-11H,5-6H2,1-4H3;3-7H,1-2H3. The van der Waals surface area contributed by atoms with Gasteiger partial charge in [0.2, 0.25) is 0 Å². The van der Waals surface area contributed by atoms with Crippen LogP contribution in [-0.2, 0) is 33.2 Å². The van der Waals surface area contributed by atoms with Crippen LogP contribution in [0.15, 0.2) is 63.7 Å². The van der Waals surface area contributed by atoms with E-state index in [1.807, 2.05) is 0 Å². The van der Waals surface area contributed by atoms with Crippen LogP contribution in [0, 0.1) is 0 Å². The number of benzene rings is 2. The van der Waals surface area contributed by atoms with Crippen molar-refractivity contribution in [1.82, 2.24) is 9.13 Å². The Kier molecular flexibility index (Phi) is 10.4. The molecule has 0 aliphatic rings. The molecule has 0 aliphatic carbocycles. The van der Waals surface area contributed by atoms with Gasteiger partial charge in [0.05, 0.1) is 38.5 Å². The number of carbonyl (C=O) groups is 3. The molecule has 2 aromatic carbocycles. The second-order valence-corrected chi connectivity index (χ2v) is 8.82. The van der Waals surface area contributed by atoms with Gasteiger partial charge >= 0.3 is 11.9 Å². The lowest BCUT2D eigenvalue weighted by Gasteiger charge is -2.12. The minimum absolute atomic E-state index is 0.131. The van der Waals surface area contributed by atoms with Crippen molar-refractivity contribution in [2.24, 2.45) is 14.1 Å². The Bertz CT molecular complexity index is 1780. The third kappa shape index (κ3) is 6.41. The summed E-state index contributed by atoms with van der Waals surface area (Å²) in [5, 5.41) is 1.37. The van der Waals surface area contributed by atoms with Gasteiger partial charge in [0, 0.05) is 42.6 Å². The molecular formula is C31H32N2O9. The minimum atomic E-state index is -0.764. The van der Waals surface area contributed by atoms with Crippen LogP contribution < -0.4 is 20.6 Å². The number of esters is 2. The van der Waals surface area contributed by atoms with Gasteiger partial charge in [0.25, 0.3) is 11.1 Å². The second kappa shape index (κ2) is 13.9. The molecule has 2 heterocycles. The third-order valence-electron chi connectivity index (χ3n) is 6.40. The molecule has 0 atom stereocenters. The summed E-state index contributed by atoms with van der Waals surface area (Å²) in [6.07, 6.45) is 2.18. The molecule has 0 bridgehead atoms. The lowest BCUT2D eigenvalue weighted by Crippen LogP contribution is -2.18. The van der Waals surface area contributed by atoms with Crippen molar-refractivity contribution >= 4 is 46.1 Å². The SMILES string of the molecule is CCOC(=O)C(=Cc1ccc(OC)c2c1ccc(=O)n2C)C(=O)OCC.COc1ccc(C=O)c2ccc(=O)n(C)c12. The molecule has 4 aromatic rings. The molecule has 0 saturated carbocycles. The number of hydrogen-bond acceptors (Lipinski definition) is 9. The predicted octanol–water partition coefficient (Wildman–Crippen LogP) is 3.42. The van der Waals surface area contributed by atoms with E-state index in [1.54, 1.807) is 64.3 Å². The van der Waals surface area contributed by atoms with E-state index in [4.69, 9.17) is 18.9 Å². The van der Waals surface area contributed by atoms with Gasteiger partial charge in [0.15, 0.2) is 6.29 Å². The molecule has 0 unspecified atom stereocenters. The summed E-state index contributed by atoms with van der Waals surface area (Å²) in [4.78, 5) is 58.7. The minimum Gasteiger partial charge on any atom is -0.495 e. The van der Waals surface area contributed by atoms with Crippen LogP contribution in [0.3, 0.4) is 0 Å². The van der Waals surface area contributed by atoms with Crippen molar-refractivity contribution in [2.75, 3.05) is 27.4 Å². The van der Waals surface area contributed by atoms with Crippen LogP contribution in [0.25, 0.3) is 27.9 Å². The molecule has 4 rings (SSSR count). The van der Waals surface area contributed by atoms with Crippen LogP contribution >= 0.6 is 0 Å². The van der Waals surface area contributed by atoms with Gasteiger partial charge < -0.3 is 28.1 Å². The lowest BCUT2D eigenvalue weighted by atomic mass is 10.0. The van der Waals surface area contributed by atoms with E-state index < -0.39 is 11.9 Å². The number of carbonyl (C=O) groups excluding carboxylic acids is 3. The number of fused-ring (bicyclic) bond motifs is 2. The van der Waals surface area contributed by atoms with Crippen LogP contribution in [-0.4, -0.2) is 54.8 Å². The fourth-order valence-electron chi connectivity index (χ4n) is 4.34. The number of rotatable bonds is 8. The quantitative estimate of drug-likeness (QED) is 0.102. The van der Waals surface area contributed by atoms with Crippen molar-refractivity contribution in [3.8, 4) is 11.5 Å². The Hall–Kier alpha value is -5.19. The maximum Gasteiger partial charge on any atom is 0.345 e. The summed E-state index contributed by atoms with van der Waals surface area (Å²) >= 11 is 0. The van der Waals surface area contributed by atoms with Crippen molar-refractivity contribution in [3.63, 3.8) is 0 Å². The fourth-order valence-corrected chi connectivity index (χ4v) is 4.34. The molecule has 11 nitrogen and oxygen atoms in total. The van der Waals surface area contributed by atoms with Gasteiger partial charge in [-0.1, -0.05) is 6.07 Å². The average Bonchev–Trinajstić information content (AvgIpc) is 2.99. The number of aldehydes is 1. The zero-order valence-electron chi connectivity index (χ0n) is 24.3. The number of nitrogens with zero attached hydrogens (tertiary/aromatic N) is 2. The van der Waals surface area contributed by atoms with E-state index >= 15 is 0 Å². The number of hydrogen-bond donors (Lipinski definition) is 0. The number of aryl methyl sites for hydroxylation is 2. The van der Waals surface area contributed by atoms with Gasteiger partial charge in [-0.3, -0.25) is 14.4 Å². The first kappa shape index (κ1) is 31.3. The Morgan fingerprint density at radius 1 is 0.690 bits per heavy atom. The van der Waals surface area contributed by atoms with E-state index in [0.717, 1.165) is 11.7 Å². The van der Waals surface area contributed by atoms with E-state index in [2.05, 4.69) is 0 Å². The monoisotopic (exact) mass is 576 g/mol. The Labute approximate surface area is 241 Å². The fraction of sp³-hybridized carbons (Fsp3) is 0.258. The molecule has 0 N–H and O–H groups in total. The molecule has 0 amide bonds. The first-order valence-electron chi connectivity index (χ1n) is 13.0. The molecular weight excluding hydrogens is 544 g/mol. The van der Waals surface area contributed by atoms with E-state index in [1.165, 1.54) is 41.6 Å². The summed E-state index contributed by atoms with van der Waals surface area (Å²) in [6.45, 7) is 3.57. The molecule has 0 aliphatic heterocycles. The molecule has 0 radical (unpaired) electrons. The van der Waals surface area contributed by atoms with Crippen molar-refractivity contribution in [2.45, 2.75) is 13.8 Å². The maximum absolute atomic E-state index is 12.2. The van der Waals surface area contributed by atoms with Gasteiger partial charge in [-0.05, 0) is 55.8 Å². The first-order valence-corrected chi connectivity index (χ1v) is 13.0. The molecule has 2 aromatic heterocycles. The lowest BCUT2D eigenvalue weighted by molar-refractivity contribution is -0.146. The zero-order chi connectivity index (χ0) is 31.0. The highest BCUT2D eigenvalue weighted by Crippen LogP contribution is 2.29. The van der Waals surface area contributed by atoms with Gasteiger partial charge in [-0.2, -0.15) is 0 Å². The smallest absolute Gasteiger partial charge is 0.345 e. The van der Waals surface area contributed by atoms with Crippen molar-refractivity contribution < 1.29 is 33.3 Å². The second-order valence-electron chi connectivity index (χ2n) is 8.82. The number of pyridine rings is 2. The van der Waals surface area contributed by atoms with E-state index in [9.17, 15) is 24.0 Å². The van der Waals surface area contributed by atoms with E-state index in [-0.39, 0.29) is 29.9 Å². The van der Waals surface area contributed by atoms with Gasteiger partial charge in [-0.15, -0.1) is 0 Å². The molecule has 11 heteroatoms. The molecule has 0 spiro atoms. The maximum atomic E-state index is 12.2. The van der Waals surface area contributed by atoms with Crippen LogP contribution in [0.1, 0.15) is 29.8 Å². The summed E-state index contributed by atoms with van der Waals surface area (Å²) in [5.41, 5.74) is 1.76. The summed E-state index contributed by atoms with van der Waals surface area (Å²) in [6, 6.07) is 12.8. The number of aromatic nitrogens is 2. The van der Waals surface area contributed by atoms with Crippen LogP contribution in [0.2, 0.25) is 0 Å². The molecule has 0 fully saturated rings. The highest BCUT2D eigenvalue weighted by atomic mass is 16.6. The average molecular weight is 577 g/mol. The van der Waals surface area contributed by atoms with E-state index in [0.29, 0.717) is 39.0 Å². The summed E-state index contributed by atoms with van der Waals surface area (Å²) in [5.74, 6) is -0.438. The van der Waals surface area contributed by atoms with Crippen molar-refractivity contribution in [1.29, 1.82) is 0 Å². The van der Waals surface area contributed by atoms with Crippen LogP contribution in [0.4, 0.5) is 0 Å². The first-order chi connectivity index (χ1) is 20.1. The van der Waals surface area contributed by atoms with Gasteiger partial charge in [-0.25, -0.2) is 9.59 Å². The zero-order valence-corrected chi connectivity index (χ0v) is 24.3. The topological polar surface area (TPSA) is 132 Å². The molecule has 0 saturated heterocycles. The predicted molar refractivity (Wildman–Crippen MR) is 158 cm³/mol.